The predicted octanol–water partition coefficient (Wildman–Crippen LogP) is 19.4. The normalized spacial score (nSPS) is 12.3. The fourth-order valence-corrected chi connectivity index (χ4v) is 10.2. The van der Waals surface area contributed by atoms with Crippen LogP contribution in [0.5, 0.6) is 0 Å². The molecule has 0 radical (unpaired) electrons. The van der Waals surface area contributed by atoms with Crippen molar-refractivity contribution in [2.75, 3.05) is 0 Å². The van der Waals surface area contributed by atoms with Gasteiger partial charge in [-0.1, -0.05) is 207 Å². The van der Waals surface area contributed by atoms with Crippen molar-refractivity contribution in [1.82, 2.24) is 19.9 Å². The summed E-state index contributed by atoms with van der Waals surface area (Å²) in [5.41, 5.74) is 15.1. The quantitative estimate of drug-likeness (QED) is 0.0394. The second-order valence-electron chi connectivity index (χ2n) is 19.8. The minimum Gasteiger partial charge on any atom is -0.355 e. The maximum absolute atomic E-state index is 5.56. The van der Waals surface area contributed by atoms with Crippen LogP contribution in [0, 0.1) is 0 Å². The van der Waals surface area contributed by atoms with Gasteiger partial charge in [0.25, 0.3) is 0 Å². The lowest BCUT2D eigenvalue weighted by Gasteiger charge is -2.07. The fraction of sp³-hybridized carbons (Fsp3) is 0.667. The predicted molar refractivity (Wildman–Crippen MR) is 284 cm³/mol. The second-order valence-corrected chi connectivity index (χ2v) is 19.8. The van der Waals surface area contributed by atoms with E-state index in [1.165, 1.54) is 250 Å². The van der Waals surface area contributed by atoms with Crippen molar-refractivity contribution in [2.45, 2.75) is 259 Å². The van der Waals surface area contributed by atoms with Gasteiger partial charge in [0.1, 0.15) is 0 Å². The zero-order valence-electron chi connectivity index (χ0n) is 42.0. The average Bonchev–Trinajstić information content (AvgIpc) is 4.16. The maximum Gasteiger partial charge on any atom is 0.0691 e. The molecule has 5 rings (SSSR count). The Balaban J connectivity index is 1.54. The van der Waals surface area contributed by atoms with Gasteiger partial charge in [-0.15, -0.1) is 0 Å². The van der Waals surface area contributed by atoms with E-state index < -0.39 is 0 Å². The van der Waals surface area contributed by atoms with Crippen LogP contribution >= 0.6 is 0 Å². The molecular formula is C60H94N4. The molecule has 0 amide bonds. The molecule has 4 heteroatoms. The van der Waals surface area contributed by atoms with Crippen LogP contribution in [0.25, 0.3) is 46.4 Å². The highest BCUT2D eigenvalue weighted by Crippen LogP contribution is 2.30. The van der Waals surface area contributed by atoms with Crippen LogP contribution < -0.4 is 0 Å². The Hall–Kier alpha value is -3.40. The van der Waals surface area contributed by atoms with Gasteiger partial charge in [0.05, 0.1) is 22.8 Å². The molecule has 4 nitrogen and oxygen atoms in total. The molecule has 0 spiro atoms. The first-order valence-corrected chi connectivity index (χ1v) is 27.8. The molecule has 64 heavy (non-hydrogen) atoms. The number of rotatable bonds is 36. The Bertz CT molecular complexity index is 1840. The number of aromatic nitrogens is 4. The highest BCUT2D eigenvalue weighted by Gasteiger charge is 2.17. The Morgan fingerprint density at radius 1 is 0.266 bits per heavy atom. The second kappa shape index (κ2) is 31.5. The molecule has 0 atom stereocenters. The summed E-state index contributed by atoms with van der Waals surface area (Å²) in [6, 6.07) is 9.49. The zero-order chi connectivity index (χ0) is 44.9. The minimum absolute atomic E-state index is 1.03. The molecule has 0 aliphatic carbocycles. The molecule has 2 aliphatic rings. The summed E-state index contributed by atoms with van der Waals surface area (Å²) in [5, 5.41) is 0. The number of nitrogens with one attached hydrogen (secondary N) is 2. The third-order valence-corrected chi connectivity index (χ3v) is 14.3. The molecule has 5 heterocycles. The first-order valence-electron chi connectivity index (χ1n) is 27.8. The van der Waals surface area contributed by atoms with Crippen LogP contribution in [0.2, 0.25) is 0 Å². The number of H-pyrrole nitrogens is 2. The summed E-state index contributed by atoms with van der Waals surface area (Å²) < 4.78 is 0. The van der Waals surface area contributed by atoms with E-state index in [0.29, 0.717) is 0 Å². The lowest BCUT2D eigenvalue weighted by molar-refractivity contribution is 0.575. The van der Waals surface area contributed by atoms with E-state index >= 15 is 0 Å². The van der Waals surface area contributed by atoms with Gasteiger partial charge in [0.2, 0.25) is 0 Å². The van der Waals surface area contributed by atoms with E-state index in [0.717, 1.165) is 48.5 Å². The van der Waals surface area contributed by atoms with Crippen LogP contribution in [-0.2, 0) is 25.7 Å². The van der Waals surface area contributed by atoms with E-state index in [9.17, 15) is 0 Å². The molecule has 0 saturated carbocycles. The summed E-state index contributed by atoms with van der Waals surface area (Å²) in [7, 11) is 0. The fourth-order valence-electron chi connectivity index (χ4n) is 10.2. The largest absolute Gasteiger partial charge is 0.355 e. The van der Waals surface area contributed by atoms with Crippen molar-refractivity contribution in [3.8, 4) is 0 Å². The highest BCUT2D eigenvalue weighted by atomic mass is 14.8. The monoisotopic (exact) mass is 871 g/mol. The van der Waals surface area contributed by atoms with Gasteiger partial charge in [0, 0.05) is 38.8 Å². The minimum atomic E-state index is 1.03. The van der Waals surface area contributed by atoms with Crippen molar-refractivity contribution < 1.29 is 0 Å². The lowest BCUT2D eigenvalue weighted by Crippen LogP contribution is -1.97. The molecule has 3 aromatic rings. The summed E-state index contributed by atoms with van der Waals surface area (Å²) >= 11 is 0. The summed E-state index contributed by atoms with van der Waals surface area (Å²) in [6.45, 7) is 9.25. The molecule has 3 aromatic heterocycles. The Kier molecular flexibility index (Phi) is 25.4. The van der Waals surface area contributed by atoms with E-state index in [1.807, 2.05) is 0 Å². The SMILES string of the molecule is CCCCCCCCCCc1c2nc(c(CCCCCCCCCC)c3ccc([nH]3)c(CCCCCCCCCC)c3ccc([nH]3)c(CCCCCCCCCC)c3nc1C=C3)C=C2. The van der Waals surface area contributed by atoms with E-state index in [-0.39, 0.29) is 0 Å². The standard InChI is InChI=1S/C60H94N4/c1-5-9-13-17-21-25-29-33-37-49-53-41-43-55(61-53)50(38-34-30-26-22-18-14-10-6-2)57-45-47-59(63-57)52(40-36-32-28-24-20-16-12-8-4)60-48-46-58(64-60)51(56-44-42-54(49)62-56)39-35-31-27-23-19-15-11-7-3/h41-48,61-62H,5-40H2,1-4H3. The van der Waals surface area contributed by atoms with Crippen LogP contribution in [-0.4, -0.2) is 19.9 Å². The Morgan fingerprint density at radius 3 is 0.781 bits per heavy atom. The van der Waals surface area contributed by atoms with Gasteiger partial charge in [-0.3, -0.25) is 0 Å². The van der Waals surface area contributed by atoms with Crippen molar-refractivity contribution in [3.63, 3.8) is 0 Å². The average molecular weight is 871 g/mol. The van der Waals surface area contributed by atoms with Gasteiger partial charge in [-0.25, -0.2) is 9.97 Å². The van der Waals surface area contributed by atoms with Gasteiger partial charge in [-0.05, 0) is 105 Å². The Labute approximate surface area is 392 Å². The van der Waals surface area contributed by atoms with Crippen molar-refractivity contribution in [2.24, 2.45) is 0 Å². The lowest BCUT2D eigenvalue weighted by atomic mass is 10.0. The molecule has 0 unspecified atom stereocenters. The first-order chi connectivity index (χ1) is 31.7. The number of hydrogen-bond donors (Lipinski definition) is 2. The molecule has 8 bridgehead atoms. The topological polar surface area (TPSA) is 57.4 Å². The first kappa shape index (κ1) is 51.6. The van der Waals surface area contributed by atoms with Crippen LogP contribution in [0.3, 0.4) is 0 Å². The number of unbranched alkanes of at least 4 members (excludes halogenated alkanes) is 28. The molecule has 0 saturated heterocycles. The van der Waals surface area contributed by atoms with Crippen LogP contribution in [0.4, 0.5) is 0 Å². The van der Waals surface area contributed by atoms with Crippen LogP contribution in [0.15, 0.2) is 24.3 Å². The molecule has 2 N–H and O–H groups in total. The third-order valence-electron chi connectivity index (χ3n) is 14.3. The number of nitrogens with zero attached hydrogens (tertiary/aromatic N) is 2. The number of aryl methyl sites for hydroxylation is 3. The smallest absolute Gasteiger partial charge is 0.0691 e. The highest BCUT2D eigenvalue weighted by molar-refractivity contribution is 5.83. The number of aromatic amines is 2. The number of hydrogen-bond acceptors (Lipinski definition) is 2. The van der Waals surface area contributed by atoms with Crippen molar-refractivity contribution in [3.05, 3.63) is 69.3 Å². The van der Waals surface area contributed by atoms with Crippen molar-refractivity contribution in [1.29, 1.82) is 0 Å². The third kappa shape index (κ3) is 17.8. The molecular weight excluding hydrogens is 777 g/mol. The molecule has 2 aliphatic heterocycles. The van der Waals surface area contributed by atoms with E-state index in [4.69, 9.17) is 9.97 Å². The van der Waals surface area contributed by atoms with Crippen LogP contribution in [0.1, 0.15) is 278 Å². The summed E-state index contributed by atoms with van der Waals surface area (Å²) in [5.74, 6) is 0. The maximum atomic E-state index is 5.56. The van der Waals surface area contributed by atoms with Gasteiger partial charge in [0.15, 0.2) is 0 Å². The van der Waals surface area contributed by atoms with Gasteiger partial charge < -0.3 is 9.97 Å². The van der Waals surface area contributed by atoms with E-state index in [2.05, 4.69) is 86.2 Å². The zero-order valence-corrected chi connectivity index (χ0v) is 42.0. The molecule has 0 aromatic carbocycles. The Morgan fingerprint density at radius 2 is 0.484 bits per heavy atom. The molecule has 0 fully saturated rings. The molecule has 354 valence electrons. The van der Waals surface area contributed by atoms with Crippen molar-refractivity contribution >= 4 is 46.4 Å². The van der Waals surface area contributed by atoms with E-state index in [1.54, 1.807) is 0 Å². The van der Waals surface area contributed by atoms with Gasteiger partial charge in [-0.2, -0.15) is 0 Å². The van der Waals surface area contributed by atoms with Gasteiger partial charge >= 0.3 is 0 Å². The number of fused-ring (bicyclic) bond motifs is 8. The summed E-state index contributed by atoms with van der Waals surface area (Å²) in [4.78, 5) is 19.2. The summed E-state index contributed by atoms with van der Waals surface area (Å²) in [6.07, 6.45) is 56.0.